The molecule has 1 aromatic carbocycles. The van der Waals surface area contributed by atoms with E-state index in [4.69, 9.17) is 16.7 Å². The maximum atomic E-state index is 8.72. The highest BCUT2D eigenvalue weighted by Crippen LogP contribution is 2.25. The van der Waals surface area contributed by atoms with E-state index in [2.05, 4.69) is 24.4 Å². The van der Waals surface area contributed by atoms with Gasteiger partial charge in [0.05, 0.1) is 0 Å². The summed E-state index contributed by atoms with van der Waals surface area (Å²) in [5.41, 5.74) is 1.15. The quantitative estimate of drug-likeness (QED) is 0.563. The zero-order valence-corrected chi connectivity index (χ0v) is 11.8. The van der Waals surface area contributed by atoms with Crippen molar-refractivity contribution in [1.82, 2.24) is 5.32 Å². The van der Waals surface area contributed by atoms with Gasteiger partial charge in [-0.15, -0.1) is 11.8 Å². The van der Waals surface area contributed by atoms with Crippen molar-refractivity contribution in [2.45, 2.75) is 31.2 Å². The minimum absolute atomic E-state index is 0.250. The molecule has 2 nitrogen and oxygen atoms in total. The van der Waals surface area contributed by atoms with Gasteiger partial charge >= 0.3 is 0 Å². The lowest BCUT2D eigenvalue weighted by Gasteiger charge is -2.08. The Morgan fingerprint density at radius 1 is 1.41 bits per heavy atom. The van der Waals surface area contributed by atoms with Gasteiger partial charge in [-0.3, -0.25) is 0 Å². The van der Waals surface area contributed by atoms with Crippen molar-refractivity contribution in [2.24, 2.45) is 0 Å². The summed E-state index contributed by atoms with van der Waals surface area (Å²) in [7, 11) is 0. The van der Waals surface area contributed by atoms with Crippen molar-refractivity contribution in [1.29, 1.82) is 0 Å². The summed E-state index contributed by atoms with van der Waals surface area (Å²) < 4.78 is 0. The highest BCUT2D eigenvalue weighted by Gasteiger charge is 2.02. The lowest BCUT2D eigenvalue weighted by Crippen LogP contribution is -2.13. The van der Waals surface area contributed by atoms with Crippen LogP contribution in [0.25, 0.3) is 0 Å². The number of halogens is 1. The highest BCUT2D eigenvalue weighted by molar-refractivity contribution is 7.99. The first-order valence-corrected chi connectivity index (χ1v) is 7.37. The topological polar surface area (TPSA) is 32.3 Å². The van der Waals surface area contributed by atoms with E-state index in [1.807, 2.05) is 6.07 Å². The lowest BCUT2D eigenvalue weighted by atomic mass is 10.2. The summed E-state index contributed by atoms with van der Waals surface area (Å²) in [6, 6.07) is 6.18. The first-order valence-electron chi connectivity index (χ1n) is 6.00. The molecule has 4 heteroatoms. The maximum Gasteiger partial charge on any atom is 0.0462 e. The fourth-order valence-electron chi connectivity index (χ4n) is 1.42. The van der Waals surface area contributed by atoms with Crippen LogP contribution in [0.3, 0.4) is 0 Å². The van der Waals surface area contributed by atoms with Crippen molar-refractivity contribution in [2.75, 3.05) is 18.9 Å². The average Bonchev–Trinajstić information content (AvgIpc) is 2.32. The molecule has 0 aromatic heterocycles. The van der Waals surface area contributed by atoms with Crippen molar-refractivity contribution in [3.63, 3.8) is 0 Å². The first-order chi connectivity index (χ1) is 8.27. The molecular weight excluding hydrogens is 254 g/mol. The minimum Gasteiger partial charge on any atom is -0.396 e. The molecule has 17 heavy (non-hydrogen) atoms. The van der Waals surface area contributed by atoms with Crippen LogP contribution in [0, 0.1) is 0 Å². The van der Waals surface area contributed by atoms with Gasteiger partial charge in [-0.1, -0.05) is 24.6 Å². The van der Waals surface area contributed by atoms with E-state index in [0.29, 0.717) is 0 Å². The van der Waals surface area contributed by atoms with Crippen LogP contribution in [0.4, 0.5) is 0 Å². The van der Waals surface area contributed by atoms with Crippen LogP contribution in [0.2, 0.25) is 5.02 Å². The van der Waals surface area contributed by atoms with E-state index in [0.717, 1.165) is 42.3 Å². The molecule has 1 aromatic rings. The molecule has 0 fully saturated rings. The van der Waals surface area contributed by atoms with E-state index < -0.39 is 0 Å². The zero-order valence-electron chi connectivity index (χ0n) is 10.2. The van der Waals surface area contributed by atoms with Gasteiger partial charge in [-0.25, -0.2) is 0 Å². The highest BCUT2D eigenvalue weighted by atomic mass is 35.5. The second-order valence-electron chi connectivity index (χ2n) is 3.86. The third-order valence-electron chi connectivity index (χ3n) is 2.34. The Hall–Kier alpha value is -0.220. The largest absolute Gasteiger partial charge is 0.396 e. The number of aliphatic hydroxyl groups is 1. The minimum atomic E-state index is 0.250. The van der Waals surface area contributed by atoms with E-state index >= 15 is 0 Å². The Morgan fingerprint density at radius 3 is 2.88 bits per heavy atom. The molecule has 0 aliphatic rings. The Labute approximate surface area is 113 Å². The number of rotatable bonds is 8. The standard InChI is InChI=1S/C13H20ClNOS/c1-2-6-15-10-11-4-5-12(9-13(11)14)17-8-3-7-16/h4-5,9,15-16H,2-3,6-8,10H2,1H3. The van der Waals surface area contributed by atoms with Crippen LogP contribution in [0.5, 0.6) is 0 Å². The summed E-state index contributed by atoms with van der Waals surface area (Å²) in [4.78, 5) is 1.17. The summed E-state index contributed by atoms with van der Waals surface area (Å²) in [6.07, 6.45) is 1.95. The van der Waals surface area contributed by atoms with Crippen LogP contribution in [-0.2, 0) is 6.54 Å². The third kappa shape index (κ3) is 5.77. The van der Waals surface area contributed by atoms with E-state index in [-0.39, 0.29) is 6.61 Å². The van der Waals surface area contributed by atoms with Gasteiger partial charge in [-0.05, 0) is 37.1 Å². The molecule has 1 rings (SSSR count). The van der Waals surface area contributed by atoms with Gasteiger partial charge in [-0.2, -0.15) is 0 Å². The van der Waals surface area contributed by atoms with Crippen molar-refractivity contribution in [3.05, 3.63) is 28.8 Å². The van der Waals surface area contributed by atoms with Crippen molar-refractivity contribution < 1.29 is 5.11 Å². The molecule has 0 aliphatic heterocycles. The molecule has 96 valence electrons. The van der Waals surface area contributed by atoms with Gasteiger partial charge in [0.1, 0.15) is 0 Å². The predicted molar refractivity (Wildman–Crippen MR) is 75.9 cm³/mol. The van der Waals surface area contributed by atoms with E-state index in [1.165, 1.54) is 4.90 Å². The van der Waals surface area contributed by atoms with Gasteiger partial charge in [0.2, 0.25) is 0 Å². The summed E-state index contributed by atoms with van der Waals surface area (Å²) in [5, 5.41) is 12.9. The van der Waals surface area contributed by atoms with Crippen LogP contribution >= 0.6 is 23.4 Å². The number of hydrogen-bond donors (Lipinski definition) is 2. The fraction of sp³-hybridized carbons (Fsp3) is 0.538. The molecule has 2 N–H and O–H groups in total. The van der Waals surface area contributed by atoms with E-state index in [9.17, 15) is 0 Å². The monoisotopic (exact) mass is 273 g/mol. The first kappa shape index (κ1) is 14.8. The summed E-state index contributed by atoms with van der Waals surface area (Å²) in [6.45, 7) is 4.24. The Kier molecular flexibility index (Phi) is 7.69. The maximum absolute atomic E-state index is 8.72. The molecule has 0 aliphatic carbocycles. The second kappa shape index (κ2) is 8.81. The Balaban J connectivity index is 2.47. The zero-order chi connectivity index (χ0) is 12.5. The Morgan fingerprint density at radius 2 is 2.24 bits per heavy atom. The van der Waals surface area contributed by atoms with Crippen LogP contribution in [-0.4, -0.2) is 24.0 Å². The van der Waals surface area contributed by atoms with Crippen molar-refractivity contribution >= 4 is 23.4 Å². The third-order valence-corrected chi connectivity index (χ3v) is 3.77. The Bertz CT molecular complexity index is 333. The average molecular weight is 274 g/mol. The van der Waals surface area contributed by atoms with E-state index in [1.54, 1.807) is 11.8 Å². The van der Waals surface area contributed by atoms with Gasteiger partial charge < -0.3 is 10.4 Å². The number of thioether (sulfide) groups is 1. The fourth-order valence-corrected chi connectivity index (χ4v) is 2.60. The van der Waals surface area contributed by atoms with Crippen LogP contribution < -0.4 is 5.32 Å². The molecule has 0 spiro atoms. The number of aliphatic hydroxyl groups excluding tert-OH is 1. The van der Waals surface area contributed by atoms with Crippen LogP contribution in [0.1, 0.15) is 25.3 Å². The van der Waals surface area contributed by atoms with Gasteiger partial charge in [0.15, 0.2) is 0 Å². The number of hydrogen-bond acceptors (Lipinski definition) is 3. The SMILES string of the molecule is CCCNCc1ccc(SCCCO)cc1Cl. The summed E-state index contributed by atoms with van der Waals surface area (Å²) in [5.74, 6) is 0.931. The summed E-state index contributed by atoms with van der Waals surface area (Å²) >= 11 is 7.95. The number of benzene rings is 1. The molecule has 0 unspecified atom stereocenters. The van der Waals surface area contributed by atoms with Crippen molar-refractivity contribution in [3.8, 4) is 0 Å². The molecule has 0 atom stereocenters. The molecule has 0 heterocycles. The molecule has 0 radical (unpaired) electrons. The molecule has 0 bridgehead atoms. The van der Waals surface area contributed by atoms with Gasteiger partial charge in [0.25, 0.3) is 0 Å². The molecular formula is C13H20ClNOS. The smallest absolute Gasteiger partial charge is 0.0462 e. The molecule has 0 saturated carbocycles. The van der Waals surface area contributed by atoms with Crippen LogP contribution in [0.15, 0.2) is 23.1 Å². The predicted octanol–water partition coefficient (Wildman–Crippen LogP) is 3.31. The number of nitrogens with one attached hydrogen (secondary N) is 1. The molecule has 0 amide bonds. The molecule has 0 saturated heterocycles. The lowest BCUT2D eigenvalue weighted by molar-refractivity contribution is 0.296. The van der Waals surface area contributed by atoms with Gasteiger partial charge in [0, 0.05) is 28.8 Å². The normalized spacial score (nSPS) is 10.8. The second-order valence-corrected chi connectivity index (χ2v) is 5.43.